The SMILES string of the molecule is CC1(C)OC[C@H](COc2cc(NC(=O)N3c4nc(-c5cccc(C(F)(F)F)c5)c(Cl)cc4N4CCC[C@H]3C4)ncn2)O1. The molecular formula is C28H28ClF3N6O4. The average molecular weight is 605 g/mol. The van der Waals surface area contributed by atoms with Crippen LogP contribution in [0.4, 0.5) is 35.3 Å². The topological polar surface area (TPSA) is 102 Å². The molecule has 0 radical (unpaired) electrons. The zero-order valence-corrected chi connectivity index (χ0v) is 23.6. The van der Waals surface area contributed by atoms with Crippen LogP contribution in [-0.2, 0) is 15.7 Å². The first kappa shape index (κ1) is 28.4. The highest BCUT2D eigenvalue weighted by Gasteiger charge is 2.39. The van der Waals surface area contributed by atoms with E-state index in [9.17, 15) is 18.0 Å². The summed E-state index contributed by atoms with van der Waals surface area (Å²) in [6.45, 7) is 5.54. The first-order chi connectivity index (χ1) is 20.0. The molecule has 3 aromatic rings. The van der Waals surface area contributed by atoms with Gasteiger partial charge in [-0.2, -0.15) is 13.2 Å². The molecule has 2 bridgehead atoms. The van der Waals surface area contributed by atoms with Crippen molar-refractivity contribution in [3.8, 4) is 17.1 Å². The summed E-state index contributed by atoms with van der Waals surface area (Å²) >= 11 is 6.57. The van der Waals surface area contributed by atoms with Crippen LogP contribution in [0.2, 0.25) is 5.02 Å². The number of benzene rings is 1. The standard InChI is InChI=1S/C28H28ClF3N6O4/c1-27(2)41-14-19(42-27)13-40-23-11-22(33-15-34-23)35-26(39)38-18-7-4-8-37(12-18)21-10-20(29)24(36-25(21)38)16-5-3-6-17(9-16)28(30,31)32/h3,5-6,9-11,15,18-19H,4,7-8,12-14H2,1-2H3,(H,33,34,35,39)/t18-,19-/m0/s1. The number of rotatable bonds is 5. The number of hydrogen-bond donors (Lipinski definition) is 1. The van der Waals surface area contributed by atoms with Crippen molar-refractivity contribution in [3.63, 3.8) is 0 Å². The van der Waals surface area contributed by atoms with Crippen molar-refractivity contribution in [1.82, 2.24) is 15.0 Å². The van der Waals surface area contributed by atoms with Gasteiger partial charge in [-0.05, 0) is 44.9 Å². The molecule has 2 aromatic heterocycles. The van der Waals surface area contributed by atoms with Gasteiger partial charge in [-0.25, -0.2) is 19.7 Å². The number of urea groups is 1. The van der Waals surface area contributed by atoms with Crippen molar-refractivity contribution in [2.45, 2.75) is 50.8 Å². The number of piperidine rings is 1. The second-order valence-electron chi connectivity index (χ2n) is 10.8. The van der Waals surface area contributed by atoms with Gasteiger partial charge in [-0.3, -0.25) is 10.2 Å². The van der Waals surface area contributed by atoms with Gasteiger partial charge in [0.1, 0.15) is 24.9 Å². The number of anilines is 3. The summed E-state index contributed by atoms with van der Waals surface area (Å²) in [6, 6.07) is 7.26. The fraction of sp³-hybridized carbons (Fsp3) is 0.429. The number of aromatic nitrogens is 3. The van der Waals surface area contributed by atoms with E-state index in [-0.39, 0.29) is 46.7 Å². The van der Waals surface area contributed by atoms with Crippen LogP contribution >= 0.6 is 11.6 Å². The number of halogens is 4. The molecule has 0 spiro atoms. The predicted octanol–water partition coefficient (Wildman–Crippen LogP) is 5.76. The number of pyridine rings is 1. The van der Waals surface area contributed by atoms with Crippen molar-refractivity contribution in [2.24, 2.45) is 0 Å². The third-order valence-electron chi connectivity index (χ3n) is 7.31. The Hall–Kier alpha value is -3.68. The third kappa shape index (κ3) is 5.81. The smallest absolute Gasteiger partial charge is 0.416 e. The zero-order chi connectivity index (χ0) is 29.6. The highest BCUT2D eigenvalue weighted by atomic mass is 35.5. The van der Waals surface area contributed by atoms with Gasteiger partial charge in [0.2, 0.25) is 5.88 Å². The van der Waals surface area contributed by atoms with Crippen LogP contribution in [0.3, 0.4) is 0 Å². The lowest BCUT2D eigenvalue weighted by Crippen LogP contribution is -2.56. The molecule has 3 aliphatic heterocycles. The fourth-order valence-electron chi connectivity index (χ4n) is 5.42. The van der Waals surface area contributed by atoms with E-state index >= 15 is 0 Å². The quantitative estimate of drug-likeness (QED) is 0.392. The molecule has 14 heteroatoms. The molecule has 42 heavy (non-hydrogen) atoms. The van der Waals surface area contributed by atoms with Crippen LogP contribution in [0.25, 0.3) is 11.3 Å². The van der Waals surface area contributed by atoms with E-state index in [0.29, 0.717) is 24.7 Å². The minimum Gasteiger partial charge on any atom is -0.475 e. The Kier molecular flexibility index (Phi) is 7.36. The Morgan fingerprint density at radius 1 is 1.24 bits per heavy atom. The molecule has 0 unspecified atom stereocenters. The number of carbonyl (C=O) groups excluding carboxylic acids is 1. The number of carbonyl (C=O) groups is 1. The normalized spacial score (nSPS) is 21.2. The minimum absolute atomic E-state index is 0.152. The van der Waals surface area contributed by atoms with Crippen LogP contribution < -0.4 is 19.9 Å². The molecule has 1 N–H and O–H groups in total. The van der Waals surface area contributed by atoms with E-state index < -0.39 is 23.6 Å². The predicted molar refractivity (Wildman–Crippen MR) is 149 cm³/mol. The summed E-state index contributed by atoms with van der Waals surface area (Å²) in [7, 11) is 0. The zero-order valence-electron chi connectivity index (χ0n) is 22.8. The number of ether oxygens (including phenoxy) is 3. The van der Waals surface area contributed by atoms with Gasteiger partial charge in [0.15, 0.2) is 11.6 Å². The molecule has 5 heterocycles. The van der Waals surface area contributed by atoms with E-state index in [2.05, 4.69) is 25.2 Å². The number of alkyl halides is 3. The Balaban J connectivity index is 1.27. The van der Waals surface area contributed by atoms with Crippen LogP contribution in [0.15, 0.2) is 42.7 Å². The van der Waals surface area contributed by atoms with Gasteiger partial charge < -0.3 is 19.1 Å². The van der Waals surface area contributed by atoms with Crippen LogP contribution in [0.5, 0.6) is 5.88 Å². The van der Waals surface area contributed by atoms with E-state index in [1.165, 1.54) is 29.4 Å². The van der Waals surface area contributed by atoms with Gasteiger partial charge in [0.25, 0.3) is 0 Å². The lowest BCUT2D eigenvalue weighted by Gasteiger charge is -2.46. The van der Waals surface area contributed by atoms with Crippen molar-refractivity contribution < 1.29 is 32.2 Å². The molecule has 0 saturated carbocycles. The first-order valence-electron chi connectivity index (χ1n) is 13.5. The van der Waals surface area contributed by atoms with Crippen molar-refractivity contribution in [1.29, 1.82) is 0 Å². The third-order valence-corrected chi connectivity index (χ3v) is 7.60. The second-order valence-corrected chi connectivity index (χ2v) is 11.2. The number of nitrogens with zero attached hydrogens (tertiary/aromatic N) is 5. The lowest BCUT2D eigenvalue weighted by molar-refractivity contribution is -0.141. The molecule has 2 amide bonds. The van der Waals surface area contributed by atoms with Crippen molar-refractivity contribution in [2.75, 3.05) is 41.4 Å². The van der Waals surface area contributed by atoms with E-state index in [1.54, 1.807) is 6.07 Å². The van der Waals surface area contributed by atoms with Crippen molar-refractivity contribution >= 4 is 35.0 Å². The molecule has 1 aromatic carbocycles. The van der Waals surface area contributed by atoms with E-state index in [4.69, 9.17) is 25.8 Å². The fourth-order valence-corrected chi connectivity index (χ4v) is 5.68. The maximum atomic E-state index is 13.7. The van der Waals surface area contributed by atoms with Crippen LogP contribution in [0, 0.1) is 0 Å². The maximum Gasteiger partial charge on any atom is 0.416 e. The number of amides is 2. The van der Waals surface area contributed by atoms with Gasteiger partial charge >= 0.3 is 12.2 Å². The molecule has 222 valence electrons. The van der Waals surface area contributed by atoms with Gasteiger partial charge in [0.05, 0.1) is 34.6 Å². The Labute approximate surface area is 244 Å². The Bertz CT molecular complexity index is 1510. The molecular weight excluding hydrogens is 577 g/mol. The number of fused-ring (bicyclic) bond motifs is 4. The largest absolute Gasteiger partial charge is 0.475 e. The van der Waals surface area contributed by atoms with Crippen LogP contribution in [-0.4, -0.2) is 65.2 Å². The van der Waals surface area contributed by atoms with E-state index in [0.717, 1.165) is 31.5 Å². The summed E-state index contributed by atoms with van der Waals surface area (Å²) < 4.78 is 57.3. The lowest BCUT2D eigenvalue weighted by atomic mass is 9.99. The monoisotopic (exact) mass is 604 g/mol. The maximum absolute atomic E-state index is 13.7. The second kappa shape index (κ2) is 10.9. The van der Waals surface area contributed by atoms with Gasteiger partial charge in [0, 0.05) is 24.7 Å². The summed E-state index contributed by atoms with van der Waals surface area (Å²) in [5, 5.41) is 2.99. The minimum atomic E-state index is -4.53. The molecule has 6 rings (SSSR count). The molecule has 10 nitrogen and oxygen atoms in total. The van der Waals surface area contributed by atoms with Gasteiger partial charge in [-0.15, -0.1) is 0 Å². The summed E-state index contributed by atoms with van der Waals surface area (Å²) in [6.07, 6.45) is -1.95. The molecule has 3 aliphatic rings. The van der Waals surface area contributed by atoms with Crippen molar-refractivity contribution in [3.05, 3.63) is 53.3 Å². The van der Waals surface area contributed by atoms with Gasteiger partial charge in [-0.1, -0.05) is 23.7 Å². The van der Waals surface area contributed by atoms with E-state index in [1.807, 2.05) is 13.8 Å². The number of hydrogen-bond acceptors (Lipinski definition) is 8. The highest BCUT2D eigenvalue weighted by Crippen LogP contribution is 2.43. The molecule has 0 aliphatic carbocycles. The molecule has 2 saturated heterocycles. The Morgan fingerprint density at radius 2 is 2.07 bits per heavy atom. The average Bonchev–Trinajstić information content (AvgIpc) is 3.30. The highest BCUT2D eigenvalue weighted by molar-refractivity contribution is 6.33. The summed E-state index contributed by atoms with van der Waals surface area (Å²) in [4.78, 5) is 30.3. The summed E-state index contributed by atoms with van der Waals surface area (Å²) in [5.41, 5.74) is 0.166. The molecule has 2 atom stereocenters. The summed E-state index contributed by atoms with van der Waals surface area (Å²) in [5.74, 6) is 0.0816. The number of nitrogens with one attached hydrogen (secondary N) is 1. The Morgan fingerprint density at radius 3 is 2.83 bits per heavy atom. The molecule has 2 fully saturated rings. The first-order valence-corrected chi connectivity index (χ1v) is 13.8. The van der Waals surface area contributed by atoms with Crippen LogP contribution in [0.1, 0.15) is 32.3 Å².